The van der Waals surface area contributed by atoms with Gasteiger partial charge in [-0.1, -0.05) is 0 Å². The van der Waals surface area contributed by atoms with Gasteiger partial charge in [-0.3, -0.25) is 10.2 Å². The number of likely N-dealkylation sites (tertiary alicyclic amines) is 1. The van der Waals surface area contributed by atoms with E-state index in [1.54, 1.807) is 11.8 Å². The maximum Gasteiger partial charge on any atom is 0.329 e. The predicted octanol–water partition coefficient (Wildman–Crippen LogP) is -0.830. The molecule has 4 N–H and O–H groups in total. The van der Waals surface area contributed by atoms with Crippen LogP contribution in [0.25, 0.3) is 0 Å². The molecule has 0 saturated carbocycles. The molecule has 6 nitrogen and oxygen atoms in total. The average molecular weight is 200 g/mol. The number of hydrogen-bond donors (Lipinski definition) is 3. The summed E-state index contributed by atoms with van der Waals surface area (Å²) in [5, 5.41) is 2.44. The molecule has 1 aliphatic heterocycles. The smallest absolute Gasteiger partial charge is 0.329 e. The number of urea groups is 1. The number of nitrogens with one attached hydrogen (secondary N) is 2. The van der Waals surface area contributed by atoms with Crippen LogP contribution in [0.1, 0.15) is 19.8 Å². The zero-order chi connectivity index (χ0) is 10.6. The summed E-state index contributed by atoms with van der Waals surface area (Å²) in [6.45, 7) is 3.22. The standard InChI is InChI=1S/C8H16N4O2/c1-6(10-8(14)11-9)7(13)12-4-2-3-5-12/h6H,2-5,9H2,1H3,(H2,10,11,14). The van der Waals surface area contributed by atoms with E-state index in [2.05, 4.69) is 5.32 Å². The minimum absolute atomic E-state index is 0.0499. The normalized spacial score (nSPS) is 17.7. The molecule has 0 bridgehead atoms. The Morgan fingerprint density at radius 2 is 1.93 bits per heavy atom. The SMILES string of the molecule is CC(NC(=O)NN)C(=O)N1CCCC1. The van der Waals surface area contributed by atoms with Crippen LogP contribution in [-0.2, 0) is 4.79 Å². The van der Waals surface area contributed by atoms with Crippen molar-refractivity contribution in [2.24, 2.45) is 5.84 Å². The largest absolute Gasteiger partial charge is 0.341 e. The van der Waals surface area contributed by atoms with E-state index in [0.29, 0.717) is 0 Å². The van der Waals surface area contributed by atoms with Crippen molar-refractivity contribution in [2.45, 2.75) is 25.8 Å². The number of carbonyl (C=O) groups is 2. The Labute approximate surface area is 82.8 Å². The first-order valence-electron chi connectivity index (χ1n) is 4.71. The molecule has 0 aromatic carbocycles. The Morgan fingerprint density at radius 3 is 2.43 bits per heavy atom. The molecule has 1 heterocycles. The molecule has 0 radical (unpaired) electrons. The number of nitrogens with two attached hydrogens (primary N) is 1. The summed E-state index contributed by atoms with van der Waals surface area (Å²) in [6, 6.07) is -1.05. The van der Waals surface area contributed by atoms with Gasteiger partial charge in [-0.25, -0.2) is 10.6 Å². The monoisotopic (exact) mass is 200 g/mol. The van der Waals surface area contributed by atoms with Gasteiger partial charge in [0.25, 0.3) is 0 Å². The lowest BCUT2D eigenvalue weighted by Crippen LogP contribution is -2.50. The van der Waals surface area contributed by atoms with Crippen molar-refractivity contribution in [1.82, 2.24) is 15.6 Å². The van der Waals surface area contributed by atoms with Crippen LogP contribution in [0.3, 0.4) is 0 Å². The highest BCUT2D eigenvalue weighted by molar-refractivity contribution is 5.86. The molecule has 1 atom stereocenters. The molecule has 1 aliphatic rings. The molecule has 0 aliphatic carbocycles. The minimum atomic E-state index is -0.537. The van der Waals surface area contributed by atoms with Gasteiger partial charge in [-0.15, -0.1) is 0 Å². The molecule has 0 aromatic heterocycles. The molecular formula is C8H16N4O2. The van der Waals surface area contributed by atoms with Gasteiger partial charge in [0.15, 0.2) is 0 Å². The first kappa shape index (κ1) is 10.8. The number of hydrogen-bond acceptors (Lipinski definition) is 3. The minimum Gasteiger partial charge on any atom is -0.341 e. The lowest BCUT2D eigenvalue weighted by atomic mass is 10.3. The van der Waals surface area contributed by atoms with E-state index in [9.17, 15) is 9.59 Å². The van der Waals surface area contributed by atoms with Gasteiger partial charge >= 0.3 is 6.03 Å². The van der Waals surface area contributed by atoms with E-state index in [-0.39, 0.29) is 5.91 Å². The van der Waals surface area contributed by atoms with Crippen molar-refractivity contribution in [1.29, 1.82) is 0 Å². The first-order valence-corrected chi connectivity index (χ1v) is 4.71. The molecule has 1 fully saturated rings. The molecule has 1 saturated heterocycles. The Balaban J connectivity index is 2.39. The van der Waals surface area contributed by atoms with Crippen LogP contribution in [0.2, 0.25) is 0 Å². The lowest BCUT2D eigenvalue weighted by Gasteiger charge is -2.20. The van der Waals surface area contributed by atoms with Crippen LogP contribution in [0.5, 0.6) is 0 Å². The quantitative estimate of drug-likeness (QED) is 0.309. The number of nitrogens with zero attached hydrogens (tertiary/aromatic N) is 1. The highest BCUT2D eigenvalue weighted by Crippen LogP contribution is 2.08. The number of carbonyl (C=O) groups excluding carboxylic acids is 2. The maximum atomic E-state index is 11.6. The summed E-state index contributed by atoms with van der Waals surface area (Å²) in [5.41, 5.74) is 1.92. The molecule has 0 spiro atoms. The summed E-state index contributed by atoms with van der Waals surface area (Å²) in [4.78, 5) is 24.2. The Kier molecular flexibility index (Phi) is 3.70. The first-order chi connectivity index (χ1) is 6.65. The summed E-state index contributed by atoms with van der Waals surface area (Å²) < 4.78 is 0. The highest BCUT2D eigenvalue weighted by Gasteiger charge is 2.23. The van der Waals surface area contributed by atoms with Crippen LogP contribution >= 0.6 is 0 Å². The fraction of sp³-hybridized carbons (Fsp3) is 0.750. The van der Waals surface area contributed by atoms with Crippen molar-refractivity contribution >= 4 is 11.9 Å². The van der Waals surface area contributed by atoms with Gasteiger partial charge in [0, 0.05) is 13.1 Å². The van der Waals surface area contributed by atoms with E-state index in [0.717, 1.165) is 25.9 Å². The van der Waals surface area contributed by atoms with Crippen LogP contribution in [0.4, 0.5) is 4.79 Å². The summed E-state index contributed by atoms with van der Waals surface area (Å²) in [7, 11) is 0. The van der Waals surface area contributed by atoms with Crippen LogP contribution < -0.4 is 16.6 Å². The average Bonchev–Trinajstić information content (AvgIpc) is 2.69. The van der Waals surface area contributed by atoms with Gasteiger partial charge in [0.05, 0.1) is 0 Å². The van der Waals surface area contributed by atoms with Crippen molar-refractivity contribution in [3.63, 3.8) is 0 Å². The molecule has 0 aromatic rings. The second-order valence-corrected chi connectivity index (χ2v) is 3.37. The van der Waals surface area contributed by atoms with Gasteiger partial charge < -0.3 is 10.2 Å². The van der Waals surface area contributed by atoms with Crippen molar-refractivity contribution in [3.05, 3.63) is 0 Å². The van der Waals surface area contributed by atoms with Crippen LogP contribution in [-0.4, -0.2) is 36.0 Å². The van der Waals surface area contributed by atoms with Gasteiger partial charge in [0.1, 0.15) is 6.04 Å². The summed E-state index contributed by atoms with van der Waals surface area (Å²) >= 11 is 0. The molecule has 1 rings (SSSR count). The van der Waals surface area contributed by atoms with Crippen molar-refractivity contribution in [3.8, 4) is 0 Å². The van der Waals surface area contributed by atoms with E-state index in [1.807, 2.05) is 5.43 Å². The van der Waals surface area contributed by atoms with Gasteiger partial charge in [0.2, 0.25) is 5.91 Å². The second-order valence-electron chi connectivity index (χ2n) is 3.37. The van der Waals surface area contributed by atoms with Crippen molar-refractivity contribution in [2.75, 3.05) is 13.1 Å². The van der Waals surface area contributed by atoms with E-state index in [4.69, 9.17) is 5.84 Å². The van der Waals surface area contributed by atoms with Crippen LogP contribution in [0, 0.1) is 0 Å². The number of hydrazine groups is 1. The topological polar surface area (TPSA) is 87.5 Å². The maximum absolute atomic E-state index is 11.6. The zero-order valence-electron chi connectivity index (χ0n) is 8.25. The fourth-order valence-electron chi connectivity index (χ4n) is 1.51. The van der Waals surface area contributed by atoms with Gasteiger partial charge in [-0.2, -0.15) is 0 Å². The molecule has 1 unspecified atom stereocenters. The molecule has 3 amide bonds. The Bertz CT molecular complexity index is 225. The van der Waals surface area contributed by atoms with Crippen LogP contribution in [0.15, 0.2) is 0 Å². The lowest BCUT2D eigenvalue weighted by molar-refractivity contribution is -0.131. The molecular weight excluding hydrogens is 184 g/mol. The number of amides is 3. The molecule has 80 valence electrons. The number of rotatable bonds is 2. The fourth-order valence-corrected chi connectivity index (χ4v) is 1.51. The Morgan fingerprint density at radius 1 is 1.36 bits per heavy atom. The Hall–Kier alpha value is -1.30. The van der Waals surface area contributed by atoms with E-state index in [1.165, 1.54) is 0 Å². The highest BCUT2D eigenvalue weighted by atomic mass is 16.2. The third-order valence-electron chi connectivity index (χ3n) is 2.27. The van der Waals surface area contributed by atoms with Gasteiger partial charge in [-0.05, 0) is 19.8 Å². The molecule has 14 heavy (non-hydrogen) atoms. The summed E-state index contributed by atoms with van der Waals surface area (Å²) in [6.07, 6.45) is 2.09. The van der Waals surface area contributed by atoms with E-state index >= 15 is 0 Å². The third-order valence-corrected chi connectivity index (χ3v) is 2.27. The van der Waals surface area contributed by atoms with E-state index < -0.39 is 12.1 Å². The molecule has 6 heteroatoms. The second kappa shape index (κ2) is 4.80. The van der Waals surface area contributed by atoms with Crippen molar-refractivity contribution < 1.29 is 9.59 Å². The third kappa shape index (κ3) is 2.59. The zero-order valence-corrected chi connectivity index (χ0v) is 8.25. The summed E-state index contributed by atoms with van der Waals surface area (Å²) in [5.74, 6) is 4.84. The predicted molar refractivity (Wildman–Crippen MR) is 51.1 cm³/mol.